The molecule has 0 radical (unpaired) electrons. The molecular weight excluding hydrogens is 499 g/mol. The molecule has 5 aromatic rings. The van der Waals surface area contributed by atoms with Crippen molar-refractivity contribution >= 4 is 34.4 Å². The Labute approximate surface area is 223 Å². The molecule has 0 aliphatic heterocycles. The molecule has 0 unspecified atom stereocenters. The first-order valence-electron chi connectivity index (χ1n) is 12.3. The highest BCUT2D eigenvalue weighted by Gasteiger charge is 2.17. The highest BCUT2D eigenvalue weighted by molar-refractivity contribution is 6.02. The number of carbonyl (C=O) groups excluding carboxylic acids is 1. The Morgan fingerprint density at radius 1 is 1.00 bits per heavy atom. The molecule has 0 saturated heterocycles. The van der Waals surface area contributed by atoms with E-state index in [-0.39, 0.29) is 17.3 Å². The van der Waals surface area contributed by atoms with E-state index in [1.165, 1.54) is 22.8 Å². The number of rotatable bonds is 6. The van der Waals surface area contributed by atoms with Gasteiger partial charge in [0.2, 0.25) is 5.95 Å². The van der Waals surface area contributed by atoms with E-state index in [9.17, 15) is 14.0 Å². The molecule has 0 atom stereocenters. The van der Waals surface area contributed by atoms with Crippen LogP contribution in [-0.4, -0.2) is 37.4 Å². The van der Waals surface area contributed by atoms with Gasteiger partial charge in [0.15, 0.2) is 0 Å². The monoisotopic (exact) mass is 526 g/mol. The van der Waals surface area contributed by atoms with Crippen LogP contribution in [0.3, 0.4) is 0 Å². The lowest BCUT2D eigenvalue weighted by atomic mass is 10.1. The number of anilines is 3. The number of hydrogen-bond acceptors (Lipinski definition) is 6. The maximum Gasteiger partial charge on any atom is 0.323 e. The van der Waals surface area contributed by atoms with Crippen LogP contribution >= 0.6 is 0 Å². The molecular formula is C28H27FN8O2. The number of hydrogen-bond donors (Lipinski definition) is 3. The molecule has 198 valence electrons. The fraction of sp³-hybridized carbons (Fsp3) is 0.179. The quantitative estimate of drug-likeness (QED) is 0.278. The summed E-state index contributed by atoms with van der Waals surface area (Å²) in [5.41, 5.74) is 2.72. The molecule has 0 bridgehead atoms. The molecule has 5 rings (SSSR count). The normalized spacial score (nSPS) is 11.1. The van der Waals surface area contributed by atoms with Gasteiger partial charge in [-0.3, -0.25) is 14.0 Å². The van der Waals surface area contributed by atoms with Crippen molar-refractivity contribution in [1.29, 1.82) is 0 Å². The summed E-state index contributed by atoms with van der Waals surface area (Å²) in [7, 11) is 3.30. The average molecular weight is 527 g/mol. The van der Waals surface area contributed by atoms with Gasteiger partial charge in [-0.1, -0.05) is 36.4 Å². The van der Waals surface area contributed by atoms with E-state index in [1.54, 1.807) is 37.2 Å². The lowest BCUT2D eigenvalue weighted by Crippen LogP contribution is -2.21. The third kappa shape index (κ3) is 5.06. The number of urea groups is 1. The lowest BCUT2D eigenvalue weighted by molar-refractivity contribution is 0.262. The van der Waals surface area contributed by atoms with Crippen LogP contribution in [0.25, 0.3) is 33.4 Å². The van der Waals surface area contributed by atoms with Crippen LogP contribution in [0.2, 0.25) is 0 Å². The van der Waals surface area contributed by atoms with Crippen LogP contribution in [0.5, 0.6) is 0 Å². The van der Waals surface area contributed by atoms with Gasteiger partial charge in [0, 0.05) is 49.0 Å². The van der Waals surface area contributed by atoms with E-state index >= 15 is 0 Å². The van der Waals surface area contributed by atoms with Gasteiger partial charge in [-0.05, 0) is 37.6 Å². The predicted molar refractivity (Wildman–Crippen MR) is 150 cm³/mol. The standard InChI is InChI=1S/C28H27FN8O2/c1-16(2)37-15-23(24(35-37)17-8-6-5-7-9-17)33-28(39)32-22-13-18(10-11-21(22)29)20-12-19-14-31-27(30-3)34-25(19)36(4)26(20)38/h5-16H,1-4H3,(H,30,31,34)(H2,32,33,39). The first-order valence-corrected chi connectivity index (χ1v) is 12.3. The summed E-state index contributed by atoms with van der Waals surface area (Å²) in [6, 6.07) is 14.7. The summed E-state index contributed by atoms with van der Waals surface area (Å²) in [5, 5.41) is 13.5. The van der Waals surface area contributed by atoms with Gasteiger partial charge >= 0.3 is 6.03 Å². The molecule has 3 aromatic heterocycles. The molecule has 3 heterocycles. The third-order valence-electron chi connectivity index (χ3n) is 6.25. The summed E-state index contributed by atoms with van der Waals surface area (Å²) >= 11 is 0. The number of carbonyl (C=O) groups is 1. The van der Waals surface area contributed by atoms with Gasteiger partial charge in [0.1, 0.15) is 17.2 Å². The van der Waals surface area contributed by atoms with Gasteiger partial charge in [-0.2, -0.15) is 10.1 Å². The molecule has 2 aromatic carbocycles. The van der Waals surface area contributed by atoms with E-state index in [2.05, 4.69) is 31.0 Å². The summed E-state index contributed by atoms with van der Waals surface area (Å²) < 4.78 is 17.9. The van der Waals surface area contributed by atoms with Crippen LogP contribution in [0.1, 0.15) is 19.9 Å². The van der Waals surface area contributed by atoms with Crippen molar-refractivity contribution in [3.8, 4) is 22.4 Å². The van der Waals surface area contributed by atoms with E-state index in [0.29, 0.717) is 39.5 Å². The maximum absolute atomic E-state index is 14.8. The van der Waals surface area contributed by atoms with Crippen molar-refractivity contribution in [1.82, 2.24) is 24.3 Å². The Balaban J connectivity index is 1.45. The van der Waals surface area contributed by atoms with Crippen molar-refractivity contribution in [2.45, 2.75) is 19.9 Å². The zero-order valence-corrected chi connectivity index (χ0v) is 21.9. The average Bonchev–Trinajstić information content (AvgIpc) is 3.36. The summed E-state index contributed by atoms with van der Waals surface area (Å²) in [4.78, 5) is 34.7. The number of amides is 2. The number of nitrogens with one attached hydrogen (secondary N) is 3. The zero-order chi connectivity index (χ0) is 27.7. The summed E-state index contributed by atoms with van der Waals surface area (Å²) in [5.74, 6) is -0.256. The van der Waals surface area contributed by atoms with Gasteiger partial charge < -0.3 is 16.0 Å². The minimum atomic E-state index is -0.647. The maximum atomic E-state index is 14.8. The number of nitrogens with zero attached hydrogens (tertiary/aromatic N) is 5. The molecule has 0 aliphatic rings. The van der Waals surface area contributed by atoms with Crippen LogP contribution < -0.4 is 21.5 Å². The first-order chi connectivity index (χ1) is 18.7. The molecule has 10 nitrogen and oxygen atoms in total. The molecule has 2 amide bonds. The van der Waals surface area contributed by atoms with Gasteiger partial charge in [-0.25, -0.2) is 14.2 Å². The minimum absolute atomic E-state index is 0.0694. The number of halogens is 1. The Morgan fingerprint density at radius 2 is 1.74 bits per heavy atom. The van der Waals surface area contributed by atoms with Crippen molar-refractivity contribution in [3.05, 3.63) is 83.2 Å². The molecule has 0 fully saturated rings. The number of aryl methyl sites for hydroxylation is 1. The fourth-order valence-electron chi connectivity index (χ4n) is 4.20. The molecule has 39 heavy (non-hydrogen) atoms. The highest BCUT2D eigenvalue weighted by atomic mass is 19.1. The number of fused-ring (bicyclic) bond motifs is 1. The van der Waals surface area contributed by atoms with Crippen LogP contribution in [-0.2, 0) is 7.05 Å². The fourth-order valence-corrected chi connectivity index (χ4v) is 4.20. The summed E-state index contributed by atoms with van der Waals surface area (Å²) in [6.07, 6.45) is 3.34. The SMILES string of the molecule is CNc1ncc2cc(-c3ccc(F)c(NC(=O)Nc4cn(C(C)C)nc4-c4ccccc4)c3)c(=O)n(C)c2n1. The molecule has 0 aliphatic carbocycles. The van der Waals surface area contributed by atoms with E-state index in [1.807, 2.05) is 44.2 Å². The van der Waals surface area contributed by atoms with Crippen LogP contribution in [0, 0.1) is 5.82 Å². The van der Waals surface area contributed by atoms with Crippen LogP contribution in [0.15, 0.2) is 71.8 Å². The van der Waals surface area contributed by atoms with E-state index in [0.717, 1.165) is 5.56 Å². The van der Waals surface area contributed by atoms with Crippen LogP contribution in [0.4, 0.5) is 26.5 Å². The molecule has 0 spiro atoms. The van der Waals surface area contributed by atoms with Gasteiger partial charge in [0.05, 0.1) is 11.4 Å². The van der Waals surface area contributed by atoms with E-state index in [4.69, 9.17) is 0 Å². The van der Waals surface area contributed by atoms with Crippen molar-refractivity contribution in [3.63, 3.8) is 0 Å². The molecule has 11 heteroatoms. The number of pyridine rings is 1. The van der Waals surface area contributed by atoms with Gasteiger partial charge in [0.25, 0.3) is 5.56 Å². The topological polar surface area (TPSA) is 119 Å². The first kappa shape index (κ1) is 25.6. The Kier molecular flexibility index (Phi) is 6.80. The zero-order valence-electron chi connectivity index (χ0n) is 21.9. The second-order valence-electron chi connectivity index (χ2n) is 9.25. The highest BCUT2D eigenvalue weighted by Crippen LogP contribution is 2.29. The third-order valence-corrected chi connectivity index (χ3v) is 6.25. The Bertz CT molecular complexity index is 1740. The van der Waals surface area contributed by atoms with Crippen molar-refractivity contribution in [2.24, 2.45) is 7.05 Å². The second-order valence-corrected chi connectivity index (χ2v) is 9.25. The molecule has 0 saturated carbocycles. The van der Waals surface area contributed by atoms with Crippen molar-refractivity contribution in [2.75, 3.05) is 23.0 Å². The lowest BCUT2D eigenvalue weighted by Gasteiger charge is -2.12. The largest absolute Gasteiger partial charge is 0.357 e. The smallest absolute Gasteiger partial charge is 0.323 e. The number of aromatic nitrogens is 5. The minimum Gasteiger partial charge on any atom is -0.357 e. The Morgan fingerprint density at radius 3 is 2.46 bits per heavy atom. The predicted octanol–water partition coefficient (Wildman–Crippen LogP) is 5.26. The Hall–Kier alpha value is -5.06. The van der Waals surface area contributed by atoms with Crippen molar-refractivity contribution < 1.29 is 9.18 Å². The molecule has 3 N–H and O–H groups in total. The summed E-state index contributed by atoms with van der Waals surface area (Å²) in [6.45, 7) is 3.96. The van der Waals surface area contributed by atoms with E-state index < -0.39 is 11.8 Å². The second kappa shape index (κ2) is 10.4. The van der Waals surface area contributed by atoms with Gasteiger partial charge in [-0.15, -0.1) is 0 Å². The number of benzene rings is 2.